The zero-order valence-corrected chi connectivity index (χ0v) is 9.61. The Labute approximate surface area is 93.8 Å². The predicted molar refractivity (Wildman–Crippen MR) is 59.0 cm³/mol. The molecule has 1 rings (SSSR count). The van der Waals surface area contributed by atoms with Crippen molar-refractivity contribution in [2.24, 2.45) is 5.73 Å². The summed E-state index contributed by atoms with van der Waals surface area (Å²) in [7, 11) is -3.47. The molecule has 0 unspecified atom stereocenters. The smallest absolute Gasteiger partial charge is 0.154 e. The Hall–Kier alpha value is -0.980. The molecular formula is C10H14FNO3S. The second-order valence-electron chi connectivity index (χ2n) is 3.63. The third-order valence-corrected chi connectivity index (χ3v) is 3.91. The van der Waals surface area contributed by atoms with Gasteiger partial charge in [0, 0.05) is 12.3 Å². The van der Waals surface area contributed by atoms with Gasteiger partial charge in [-0.25, -0.2) is 12.8 Å². The van der Waals surface area contributed by atoms with Gasteiger partial charge >= 0.3 is 0 Å². The Bertz CT molecular complexity index is 461. The van der Waals surface area contributed by atoms with Crippen LogP contribution in [0, 0.1) is 5.82 Å². The first-order valence-corrected chi connectivity index (χ1v) is 6.62. The zero-order chi connectivity index (χ0) is 12.3. The lowest BCUT2D eigenvalue weighted by Crippen LogP contribution is -2.36. The number of hydrogen-bond donors (Lipinski definition) is 2. The monoisotopic (exact) mass is 247 g/mol. The number of aliphatic hydroxyl groups excluding tert-OH is 1. The van der Waals surface area contributed by atoms with Gasteiger partial charge in [0.05, 0.1) is 6.61 Å². The van der Waals surface area contributed by atoms with Crippen LogP contribution in [-0.2, 0) is 9.84 Å². The predicted octanol–water partition coefficient (Wildman–Crippen LogP) is 0.231. The minimum absolute atomic E-state index is 0.351. The lowest BCUT2D eigenvalue weighted by molar-refractivity contribution is 0.278. The molecule has 1 aromatic carbocycles. The molecular weight excluding hydrogens is 233 g/mol. The van der Waals surface area contributed by atoms with Crippen LogP contribution in [0.5, 0.6) is 0 Å². The van der Waals surface area contributed by atoms with E-state index in [4.69, 9.17) is 10.8 Å². The van der Waals surface area contributed by atoms with Crippen LogP contribution in [0.15, 0.2) is 24.3 Å². The minimum atomic E-state index is -3.47. The molecule has 0 radical (unpaired) electrons. The molecule has 0 fully saturated rings. The number of benzene rings is 1. The molecule has 0 aromatic heterocycles. The van der Waals surface area contributed by atoms with Crippen molar-refractivity contribution in [3.8, 4) is 0 Å². The molecule has 0 amide bonds. The molecule has 0 bridgehead atoms. The Kier molecular flexibility index (Phi) is 4.01. The maximum Gasteiger partial charge on any atom is 0.154 e. The van der Waals surface area contributed by atoms with Crippen LogP contribution in [0.4, 0.5) is 4.39 Å². The first kappa shape index (κ1) is 13.1. The van der Waals surface area contributed by atoms with Crippen molar-refractivity contribution in [3.63, 3.8) is 0 Å². The van der Waals surface area contributed by atoms with E-state index in [0.29, 0.717) is 5.56 Å². The molecule has 4 nitrogen and oxygen atoms in total. The second-order valence-corrected chi connectivity index (χ2v) is 5.90. The van der Waals surface area contributed by atoms with E-state index in [-0.39, 0.29) is 0 Å². The van der Waals surface area contributed by atoms with Gasteiger partial charge in [-0.05, 0) is 17.7 Å². The summed E-state index contributed by atoms with van der Waals surface area (Å²) >= 11 is 0. The molecule has 0 heterocycles. The van der Waals surface area contributed by atoms with Crippen LogP contribution in [0.3, 0.4) is 0 Å². The summed E-state index contributed by atoms with van der Waals surface area (Å²) in [6.45, 7) is -0.587. The first-order chi connectivity index (χ1) is 7.36. The number of aliphatic hydroxyl groups is 1. The van der Waals surface area contributed by atoms with Crippen LogP contribution < -0.4 is 5.73 Å². The maximum atomic E-state index is 12.9. The Morgan fingerprint density at radius 1 is 1.50 bits per heavy atom. The molecule has 3 N–H and O–H groups in total. The average Bonchev–Trinajstić information content (AvgIpc) is 2.16. The first-order valence-electron chi connectivity index (χ1n) is 4.67. The molecule has 0 spiro atoms. The fraction of sp³-hybridized carbons (Fsp3) is 0.400. The Morgan fingerprint density at radius 2 is 2.12 bits per heavy atom. The Balaban J connectivity index is 3.05. The van der Waals surface area contributed by atoms with Gasteiger partial charge in [0.15, 0.2) is 9.84 Å². The third kappa shape index (κ3) is 3.01. The van der Waals surface area contributed by atoms with E-state index in [1.807, 2.05) is 0 Å². The van der Waals surface area contributed by atoms with E-state index in [2.05, 4.69) is 0 Å². The SMILES string of the molecule is CS(=O)(=O)[C@H](CO)[C@@H](N)c1cccc(F)c1. The van der Waals surface area contributed by atoms with Crippen molar-refractivity contribution >= 4 is 9.84 Å². The highest BCUT2D eigenvalue weighted by atomic mass is 32.2. The fourth-order valence-corrected chi connectivity index (χ4v) is 2.40. The van der Waals surface area contributed by atoms with Gasteiger partial charge in [0.2, 0.25) is 0 Å². The van der Waals surface area contributed by atoms with E-state index in [0.717, 1.165) is 6.26 Å². The largest absolute Gasteiger partial charge is 0.395 e. The van der Waals surface area contributed by atoms with Gasteiger partial charge < -0.3 is 10.8 Å². The van der Waals surface area contributed by atoms with Crippen molar-refractivity contribution in [1.82, 2.24) is 0 Å². The van der Waals surface area contributed by atoms with Crippen molar-refractivity contribution in [2.75, 3.05) is 12.9 Å². The van der Waals surface area contributed by atoms with Crippen molar-refractivity contribution in [2.45, 2.75) is 11.3 Å². The molecule has 0 aliphatic heterocycles. The van der Waals surface area contributed by atoms with Crippen LogP contribution in [-0.4, -0.2) is 31.6 Å². The molecule has 0 saturated heterocycles. The number of sulfone groups is 1. The lowest BCUT2D eigenvalue weighted by atomic mass is 10.0. The van der Waals surface area contributed by atoms with Crippen molar-refractivity contribution in [1.29, 1.82) is 0 Å². The van der Waals surface area contributed by atoms with Gasteiger partial charge in [-0.3, -0.25) is 0 Å². The number of nitrogens with two attached hydrogens (primary N) is 1. The third-order valence-electron chi connectivity index (χ3n) is 2.36. The van der Waals surface area contributed by atoms with E-state index in [1.165, 1.54) is 24.3 Å². The fourth-order valence-electron chi connectivity index (χ4n) is 1.44. The van der Waals surface area contributed by atoms with Gasteiger partial charge in [0.1, 0.15) is 11.1 Å². The summed E-state index contributed by atoms with van der Waals surface area (Å²) < 4.78 is 35.6. The maximum absolute atomic E-state index is 12.9. The van der Waals surface area contributed by atoms with Gasteiger partial charge in [0.25, 0.3) is 0 Å². The molecule has 0 aliphatic carbocycles. The molecule has 0 saturated carbocycles. The van der Waals surface area contributed by atoms with E-state index < -0.39 is 33.6 Å². The van der Waals surface area contributed by atoms with E-state index >= 15 is 0 Å². The topological polar surface area (TPSA) is 80.4 Å². The van der Waals surface area contributed by atoms with Crippen LogP contribution in [0.2, 0.25) is 0 Å². The van der Waals surface area contributed by atoms with Crippen LogP contribution in [0.1, 0.15) is 11.6 Å². The Morgan fingerprint density at radius 3 is 2.56 bits per heavy atom. The second kappa shape index (κ2) is 4.90. The van der Waals surface area contributed by atoms with Gasteiger partial charge in [-0.1, -0.05) is 12.1 Å². The highest BCUT2D eigenvalue weighted by molar-refractivity contribution is 7.91. The normalized spacial score (nSPS) is 15.8. The van der Waals surface area contributed by atoms with Gasteiger partial charge in [-0.15, -0.1) is 0 Å². The van der Waals surface area contributed by atoms with E-state index in [1.54, 1.807) is 0 Å². The van der Waals surface area contributed by atoms with E-state index in [9.17, 15) is 12.8 Å². The molecule has 16 heavy (non-hydrogen) atoms. The highest BCUT2D eigenvalue weighted by Gasteiger charge is 2.28. The summed E-state index contributed by atoms with van der Waals surface area (Å²) in [6.07, 6.45) is 0.993. The summed E-state index contributed by atoms with van der Waals surface area (Å²) in [5.41, 5.74) is 6.05. The molecule has 6 heteroatoms. The molecule has 1 aromatic rings. The quantitative estimate of drug-likeness (QED) is 0.798. The van der Waals surface area contributed by atoms with Gasteiger partial charge in [-0.2, -0.15) is 0 Å². The summed E-state index contributed by atoms with van der Waals surface area (Å²) in [6, 6.07) is 4.45. The number of hydrogen-bond acceptors (Lipinski definition) is 4. The van der Waals surface area contributed by atoms with Crippen molar-refractivity contribution in [3.05, 3.63) is 35.6 Å². The summed E-state index contributed by atoms with van der Waals surface area (Å²) in [4.78, 5) is 0. The minimum Gasteiger partial charge on any atom is -0.395 e. The van der Waals surface area contributed by atoms with Crippen LogP contribution >= 0.6 is 0 Å². The standard InChI is InChI=1S/C10H14FNO3S/c1-16(14,15)9(6-13)10(12)7-3-2-4-8(11)5-7/h2-5,9-10,13H,6,12H2,1H3/t9-,10+/m1/s1. The summed E-state index contributed by atoms with van der Waals surface area (Å²) in [5.74, 6) is -0.488. The van der Waals surface area contributed by atoms with Crippen LogP contribution in [0.25, 0.3) is 0 Å². The zero-order valence-electron chi connectivity index (χ0n) is 8.80. The average molecular weight is 247 g/mol. The lowest BCUT2D eigenvalue weighted by Gasteiger charge is -2.20. The van der Waals surface area contributed by atoms with Crippen molar-refractivity contribution < 1.29 is 17.9 Å². The molecule has 2 atom stereocenters. The molecule has 0 aliphatic rings. The summed E-state index contributed by atoms with van der Waals surface area (Å²) in [5, 5.41) is 7.89. The number of halogens is 1. The highest BCUT2D eigenvalue weighted by Crippen LogP contribution is 2.19. The molecule has 90 valence electrons. The number of rotatable bonds is 4.